The molecule has 0 bridgehead atoms. The molecule has 0 spiro atoms. The van der Waals surface area contributed by atoms with Crippen LogP contribution in [0, 0.1) is 27.2 Å². The van der Waals surface area contributed by atoms with Gasteiger partial charge in [0, 0.05) is 11.2 Å². The smallest absolute Gasteiger partial charge is 0.478 e. The van der Waals surface area contributed by atoms with E-state index in [-0.39, 0.29) is 16.8 Å². The van der Waals surface area contributed by atoms with Crippen molar-refractivity contribution in [2.24, 2.45) is 0 Å². The van der Waals surface area contributed by atoms with E-state index in [1.165, 1.54) is 6.92 Å². The van der Waals surface area contributed by atoms with Gasteiger partial charge < -0.3 is 15.2 Å². The maximum atomic E-state index is 11.0. The highest BCUT2D eigenvalue weighted by atomic mass is 16.6. The Kier molecular flexibility index (Phi) is 3.32. The largest absolute Gasteiger partial charge is 0.491 e. The summed E-state index contributed by atoms with van der Waals surface area (Å²) in [7, 11) is 0. The van der Waals surface area contributed by atoms with Gasteiger partial charge in [-0.15, -0.1) is 4.68 Å². The van der Waals surface area contributed by atoms with Crippen LogP contribution in [0.2, 0.25) is 0 Å². The number of rotatable bonds is 4. The third-order valence-corrected chi connectivity index (χ3v) is 2.69. The van der Waals surface area contributed by atoms with E-state index >= 15 is 0 Å². The number of carbonyl (C=O) groups is 1. The van der Waals surface area contributed by atoms with Gasteiger partial charge in [-0.3, -0.25) is 10.1 Å². The molecule has 2 rings (SSSR count). The molecule has 0 aliphatic rings. The lowest BCUT2D eigenvalue weighted by Crippen LogP contribution is -2.06. The molecule has 1 heterocycles. The standard InChI is InChI=1S/C10H7N5O6/c1-5-7(13-4-11-10(12-13)15(20)21)2-6(9(16)17)3-8(5)14(18)19/h2-4H,1H3,(H,16,17). The Balaban J connectivity index is 2.68. The summed E-state index contributed by atoms with van der Waals surface area (Å²) < 4.78 is 0.924. The normalized spacial score (nSPS) is 10.3. The van der Waals surface area contributed by atoms with Crippen LogP contribution in [-0.2, 0) is 0 Å². The van der Waals surface area contributed by atoms with Crippen LogP contribution in [0.3, 0.4) is 0 Å². The molecule has 11 heteroatoms. The Morgan fingerprint density at radius 3 is 2.43 bits per heavy atom. The van der Waals surface area contributed by atoms with Crippen molar-refractivity contribution >= 4 is 17.6 Å². The summed E-state index contributed by atoms with van der Waals surface area (Å²) >= 11 is 0. The summed E-state index contributed by atoms with van der Waals surface area (Å²) in [6.07, 6.45) is 0.982. The summed E-state index contributed by atoms with van der Waals surface area (Å²) in [6, 6.07) is 2.04. The second-order valence-electron chi connectivity index (χ2n) is 3.95. The fraction of sp³-hybridized carbons (Fsp3) is 0.100. The third-order valence-electron chi connectivity index (χ3n) is 2.69. The van der Waals surface area contributed by atoms with Gasteiger partial charge in [-0.2, -0.15) is 0 Å². The lowest BCUT2D eigenvalue weighted by Gasteiger charge is -2.05. The molecule has 1 aromatic carbocycles. The Morgan fingerprint density at radius 2 is 1.95 bits per heavy atom. The molecule has 2 aromatic rings. The number of carboxylic acids is 1. The molecule has 11 nitrogen and oxygen atoms in total. The first-order valence-corrected chi connectivity index (χ1v) is 5.40. The number of aromatic nitrogens is 3. The molecule has 1 aromatic heterocycles. The van der Waals surface area contributed by atoms with Crippen LogP contribution in [-0.4, -0.2) is 35.7 Å². The highest BCUT2D eigenvalue weighted by Crippen LogP contribution is 2.26. The Morgan fingerprint density at radius 1 is 1.29 bits per heavy atom. The molecule has 0 saturated carbocycles. The van der Waals surface area contributed by atoms with Crippen molar-refractivity contribution in [2.45, 2.75) is 6.92 Å². The van der Waals surface area contributed by atoms with Crippen molar-refractivity contribution in [2.75, 3.05) is 0 Å². The predicted octanol–water partition coefficient (Wildman–Crippen LogP) is 1.09. The van der Waals surface area contributed by atoms with Crippen LogP contribution in [0.25, 0.3) is 5.69 Å². The number of nitrogens with zero attached hydrogens (tertiary/aromatic N) is 5. The van der Waals surface area contributed by atoms with Crippen molar-refractivity contribution in [3.63, 3.8) is 0 Å². The van der Waals surface area contributed by atoms with Crippen LogP contribution in [0.1, 0.15) is 15.9 Å². The lowest BCUT2D eigenvalue weighted by atomic mass is 10.1. The van der Waals surface area contributed by atoms with E-state index in [9.17, 15) is 25.0 Å². The second-order valence-corrected chi connectivity index (χ2v) is 3.95. The first kappa shape index (κ1) is 14.0. The molecular weight excluding hydrogens is 286 g/mol. The minimum Gasteiger partial charge on any atom is -0.478 e. The third kappa shape index (κ3) is 2.51. The molecule has 0 amide bonds. The van der Waals surface area contributed by atoms with Crippen LogP contribution >= 0.6 is 0 Å². The molecule has 0 aliphatic carbocycles. The minimum atomic E-state index is -1.37. The lowest BCUT2D eigenvalue weighted by molar-refractivity contribution is -0.394. The molecule has 108 valence electrons. The average Bonchev–Trinajstić information content (AvgIpc) is 2.87. The zero-order valence-electron chi connectivity index (χ0n) is 10.5. The summed E-state index contributed by atoms with van der Waals surface area (Å²) in [5.41, 5.74) is -0.615. The number of aromatic carboxylic acids is 1. The van der Waals surface area contributed by atoms with E-state index in [2.05, 4.69) is 10.1 Å². The predicted molar refractivity (Wildman–Crippen MR) is 66.4 cm³/mol. The van der Waals surface area contributed by atoms with Gasteiger partial charge in [0.2, 0.25) is 6.33 Å². The fourth-order valence-corrected chi connectivity index (χ4v) is 1.69. The highest BCUT2D eigenvalue weighted by molar-refractivity contribution is 5.89. The zero-order chi connectivity index (χ0) is 15.7. The molecule has 0 fully saturated rings. The quantitative estimate of drug-likeness (QED) is 0.648. The number of carboxylic acid groups (broad SMARTS) is 1. The van der Waals surface area contributed by atoms with Crippen LogP contribution in [0.5, 0.6) is 0 Å². The molecular formula is C10H7N5O6. The van der Waals surface area contributed by atoms with Crippen molar-refractivity contribution < 1.29 is 19.7 Å². The maximum Gasteiger partial charge on any atom is 0.491 e. The Labute approximate surface area is 115 Å². The van der Waals surface area contributed by atoms with E-state index < -0.39 is 27.5 Å². The van der Waals surface area contributed by atoms with Gasteiger partial charge >= 0.3 is 11.9 Å². The highest BCUT2D eigenvalue weighted by Gasteiger charge is 2.23. The van der Waals surface area contributed by atoms with Gasteiger partial charge in [0.15, 0.2) is 0 Å². The van der Waals surface area contributed by atoms with Crippen LogP contribution in [0.4, 0.5) is 11.6 Å². The minimum absolute atomic E-state index is 0.0298. The van der Waals surface area contributed by atoms with E-state index in [0.717, 1.165) is 23.1 Å². The summed E-state index contributed by atoms with van der Waals surface area (Å²) in [5.74, 6) is -2.06. The van der Waals surface area contributed by atoms with Gasteiger partial charge in [-0.05, 0) is 17.9 Å². The maximum absolute atomic E-state index is 11.0. The summed E-state index contributed by atoms with van der Waals surface area (Å²) in [5, 5.41) is 34.0. The molecule has 21 heavy (non-hydrogen) atoms. The van der Waals surface area contributed by atoms with Crippen LogP contribution < -0.4 is 0 Å². The molecule has 1 N–H and O–H groups in total. The first-order chi connectivity index (χ1) is 9.81. The van der Waals surface area contributed by atoms with Gasteiger partial charge in [0.25, 0.3) is 5.69 Å². The molecule has 0 saturated heterocycles. The first-order valence-electron chi connectivity index (χ1n) is 5.40. The number of hydrogen-bond acceptors (Lipinski definition) is 7. The van der Waals surface area contributed by atoms with Gasteiger partial charge in [-0.1, -0.05) is 4.98 Å². The topological polar surface area (TPSA) is 154 Å². The molecule has 0 aliphatic heterocycles. The van der Waals surface area contributed by atoms with Crippen LogP contribution in [0.15, 0.2) is 18.5 Å². The van der Waals surface area contributed by atoms with Gasteiger partial charge in [0.05, 0.1) is 21.7 Å². The average molecular weight is 293 g/mol. The van der Waals surface area contributed by atoms with Crippen molar-refractivity contribution in [1.82, 2.24) is 14.8 Å². The second kappa shape index (κ2) is 4.96. The number of benzene rings is 1. The zero-order valence-corrected chi connectivity index (χ0v) is 10.5. The SMILES string of the molecule is Cc1c(-n2cnc([N+](=O)[O-])n2)cc(C(=O)O)cc1[N+](=O)[O-]. The van der Waals surface area contributed by atoms with E-state index in [1.807, 2.05) is 0 Å². The van der Waals surface area contributed by atoms with Gasteiger partial charge in [-0.25, -0.2) is 4.79 Å². The summed E-state index contributed by atoms with van der Waals surface area (Å²) in [4.78, 5) is 34.4. The van der Waals surface area contributed by atoms with Gasteiger partial charge in [0.1, 0.15) is 0 Å². The number of hydrogen-bond donors (Lipinski definition) is 1. The van der Waals surface area contributed by atoms with E-state index in [0.29, 0.717) is 0 Å². The number of nitro groups is 2. The molecule has 0 atom stereocenters. The van der Waals surface area contributed by atoms with Crippen molar-refractivity contribution in [1.29, 1.82) is 0 Å². The van der Waals surface area contributed by atoms with E-state index in [1.54, 1.807) is 0 Å². The van der Waals surface area contributed by atoms with E-state index in [4.69, 9.17) is 5.11 Å². The van der Waals surface area contributed by atoms with Crippen molar-refractivity contribution in [3.05, 3.63) is 49.8 Å². The number of nitro benzene ring substituents is 1. The summed E-state index contributed by atoms with van der Waals surface area (Å²) in [6.45, 7) is 1.38. The molecule has 0 radical (unpaired) electrons. The fourth-order valence-electron chi connectivity index (χ4n) is 1.69. The Bertz CT molecular complexity index is 767. The molecule has 0 unspecified atom stereocenters. The van der Waals surface area contributed by atoms with Crippen molar-refractivity contribution in [3.8, 4) is 5.69 Å². The Hall–Kier alpha value is -3.37. The monoisotopic (exact) mass is 293 g/mol.